The van der Waals surface area contributed by atoms with E-state index in [-0.39, 0.29) is 18.7 Å². The molecule has 274 valence electrons. The highest BCUT2D eigenvalue weighted by atomic mass is 31.2. The van der Waals surface area contributed by atoms with Crippen LogP contribution in [0.3, 0.4) is 0 Å². The van der Waals surface area contributed by atoms with Gasteiger partial charge in [-0.15, -0.1) is 0 Å². The molecule has 0 saturated carbocycles. The summed E-state index contributed by atoms with van der Waals surface area (Å²) in [7, 11) is 3.50. The molecule has 0 bridgehead atoms. The van der Waals surface area contributed by atoms with E-state index < -0.39 is 38.5 Å². The quantitative estimate of drug-likeness (QED) is 0.115. The first-order chi connectivity index (χ1) is 25.1. The molecule has 3 heterocycles. The monoisotopic (exact) mass is 726 g/mol. The Morgan fingerprint density at radius 3 is 2.21 bits per heavy atom. The van der Waals surface area contributed by atoms with Gasteiger partial charge >= 0.3 is 6.03 Å². The number of carbonyl (C=O) groups is 1. The highest BCUT2D eigenvalue weighted by Crippen LogP contribution is 2.50. The van der Waals surface area contributed by atoms with Crippen molar-refractivity contribution in [2.45, 2.75) is 77.0 Å². The van der Waals surface area contributed by atoms with Crippen LogP contribution < -0.4 is 9.47 Å². The van der Waals surface area contributed by atoms with E-state index in [1.165, 1.54) is 0 Å². The predicted octanol–water partition coefficient (Wildman–Crippen LogP) is 7.84. The molecule has 3 aromatic carbocycles. The smallest absolute Gasteiger partial charge is 0.369 e. The van der Waals surface area contributed by atoms with Gasteiger partial charge in [0.2, 0.25) is 0 Å². The van der Waals surface area contributed by atoms with E-state index in [2.05, 4.69) is 72.5 Å². The number of ether oxygens (including phenoxy) is 4. The SMILES string of the molecule is COc1ccc(C(OC[C@H]2OC(C3=NC(=O)N=C4N=CC=C43)C[C@H]2OP(OC)N(C(C)C)C(C)C)(c2ccccc2)c2ccc(OC)cc2C)cc1. The van der Waals surface area contributed by atoms with Gasteiger partial charge in [0.05, 0.1) is 32.6 Å². The van der Waals surface area contributed by atoms with Crippen LogP contribution in [0.2, 0.25) is 0 Å². The number of aryl methyl sites for hydroxylation is 1. The number of urea groups is 1. The van der Waals surface area contributed by atoms with Gasteiger partial charge in [-0.3, -0.25) is 0 Å². The number of benzene rings is 3. The molecule has 3 aliphatic heterocycles. The Labute approximate surface area is 307 Å². The molecule has 0 aliphatic carbocycles. The third-order valence-electron chi connectivity index (χ3n) is 9.46. The van der Waals surface area contributed by atoms with Gasteiger partial charge in [0.25, 0.3) is 8.53 Å². The van der Waals surface area contributed by atoms with Crippen molar-refractivity contribution in [2.75, 3.05) is 27.9 Å². The van der Waals surface area contributed by atoms with Gasteiger partial charge in [-0.2, -0.15) is 9.98 Å². The van der Waals surface area contributed by atoms with Crippen LogP contribution >= 0.6 is 8.53 Å². The maximum absolute atomic E-state index is 12.6. The van der Waals surface area contributed by atoms with Gasteiger partial charge in [-0.05, 0) is 87.2 Å². The predicted molar refractivity (Wildman–Crippen MR) is 204 cm³/mol. The Hall–Kier alpha value is -4.09. The number of rotatable bonds is 15. The van der Waals surface area contributed by atoms with Crippen molar-refractivity contribution in [1.29, 1.82) is 0 Å². The molecule has 1 saturated heterocycles. The number of amides is 2. The topological polar surface area (TPSA) is 113 Å². The number of nitrogens with zero attached hydrogens (tertiary/aromatic N) is 4. The zero-order chi connectivity index (χ0) is 37.0. The molecule has 12 heteroatoms. The summed E-state index contributed by atoms with van der Waals surface area (Å²) in [5, 5.41) is 0. The molecular weight excluding hydrogens is 679 g/mol. The first-order valence-electron chi connectivity index (χ1n) is 17.5. The van der Waals surface area contributed by atoms with Crippen LogP contribution in [0, 0.1) is 6.92 Å². The van der Waals surface area contributed by atoms with Crippen LogP contribution in [-0.4, -0.2) is 86.8 Å². The van der Waals surface area contributed by atoms with Crippen molar-refractivity contribution >= 4 is 32.3 Å². The van der Waals surface area contributed by atoms with E-state index in [9.17, 15) is 4.79 Å². The van der Waals surface area contributed by atoms with Gasteiger partial charge < -0.3 is 28.0 Å². The molecule has 3 aromatic rings. The van der Waals surface area contributed by atoms with Crippen molar-refractivity contribution < 1.29 is 32.8 Å². The molecular formula is C40H47N4O7P. The Morgan fingerprint density at radius 1 is 0.904 bits per heavy atom. The Balaban J connectivity index is 1.43. The average Bonchev–Trinajstić information content (AvgIpc) is 3.79. The summed E-state index contributed by atoms with van der Waals surface area (Å²) in [6.45, 7) is 10.7. The maximum Gasteiger partial charge on any atom is 0.369 e. The third-order valence-corrected chi connectivity index (χ3v) is 11.5. The normalized spacial score (nSPS) is 21.6. The third kappa shape index (κ3) is 7.53. The molecule has 6 rings (SSSR count). The number of fused-ring (bicyclic) bond motifs is 1. The first kappa shape index (κ1) is 37.7. The summed E-state index contributed by atoms with van der Waals surface area (Å²) in [4.78, 5) is 25.2. The molecule has 0 radical (unpaired) electrons. The molecule has 3 aliphatic rings. The van der Waals surface area contributed by atoms with Crippen molar-refractivity contribution in [1.82, 2.24) is 4.67 Å². The number of amidine groups is 1. The Morgan fingerprint density at radius 2 is 1.58 bits per heavy atom. The van der Waals surface area contributed by atoms with Gasteiger partial charge in [0, 0.05) is 37.4 Å². The van der Waals surface area contributed by atoms with E-state index in [0.717, 1.165) is 33.8 Å². The molecule has 5 atom stereocenters. The van der Waals surface area contributed by atoms with E-state index in [0.29, 0.717) is 23.5 Å². The summed E-state index contributed by atoms with van der Waals surface area (Å²) < 4.78 is 40.5. The summed E-state index contributed by atoms with van der Waals surface area (Å²) >= 11 is 0. The summed E-state index contributed by atoms with van der Waals surface area (Å²) in [5.41, 5.74) is 3.85. The molecule has 52 heavy (non-hydrogen) atoms. The van der Waals surface area contributed by atoms with Crippen molar-refractivity contribution in [3.63, 3.8) is 0 Å². The highest BCUT2D eigenvalue weighted by Gasteiger charge is 2.47. The molecule has 11 nitrogen and oxygen atoms in total. The van der Waals surface area contributed by atoms with Crippen molar-refractivity contribution in [3.8, 4) is 11.5 Å². The number of methoxy groups -OCH3 is 2. The molecule has 0 aromatic heterocycles. The zero-order valence-corrected chi connectivity index (χ0v) is 31.9. The zero-order valence-electron chi connectivity index (χ0n) is 31.0. The number of hydrogen-bond donors (Lipinski definition) is 0. The Kier molecular flexibility index (Phi) is 11.8. The van der Waals surface area contributed by atoms with Crippen molar-refractivity contribution in [3.05, 3.63) is 107 Å². The lowest BCUT2D eigenvalue weighted by atomic mass is 9.78. The fourth-order valence-electron chi connectivity index (χ4n) is 7.16. The molecule has 2 amide bonds. The second-order valence-corrected chi connectivity index (χ2v) is 14.9. The van der Waals surface area contributed by atoms with Gasteiger partial charge in [-0.1, -0.05) is 48.5 Å². The lowest BCUT2D eigenvalue weighted by molar-refractivity contribution is -0.0725. The summed E-state index contributed by atoms with van der Waals surface area (Å²) in [6, 6.07) is 23.9. The minimum Gasteiger partial charge on any atom is -0.497 e. The minimum atomic E-state index is -1.48. The molecule has 0 spiro atoms. The van der Waals surface area contributed by atoms with Crippen LogP contribution in [0.5, 0.6) is 11.5 Å². The molecule has 0 N–H and O–H groups in total. The maximum atomic E-state index is 12.6. The van der Waals surface area contributed by atoms with Crippen LogP contribution in [0.1, 0.15) is 56.4 Å². The molecule has 1 fully saturated rings. The fourth-order valence-corrected chi connectivity index (χ4v) is 8.75. The first-order valence-corrected chi connectivity index (χ1v) is 18.6. The highest BCUT2D eigenvalue weighted by molar-refractivity contribution is 7.44. The van der Waals surface area contributed by atoms with Crippen molar-refractivity contribution in [2.24, 2.45) is 15.0 Å². The fraction of sp³-hybridized carbons (Fsp3) is 0.400. The number of aliphatic imine (C=N–C) groups is 3. The number of allylic oxidation sites excluding steroid dienone is 1. The minimum absolute atomic E-state index is 0.127. The standard InChI is InChI=1S/C40H47N4O7P/c1-25(2)44(26(3)4)52(48-8)51-34-23-35(37-32-20-21-41-38(32)43-39(45)42-37)50-36(34)24-49-40(28-12-10-9-11-13-28,29-14-16-30(46-6)17-15-29)33-19-18-31(47-7)22-27(33)5/h9-22,25-26,34-36H,23-24H2,1-8H3/t34-,35?,36-,40?,52?/m1/s1. The summed E-state index contributed by atoms with van der Waals surface area (Å²) in [5.74, 6) is 1.83. The van der Waals surface area contributed by atoms with E-state index in [4.69, 9.17) is 28.0 Å². The largest absolute Gasteiger partial charge is 0.497 e. The van der Waals surface area contributed by atoms with Gasteiger partial charge in [0.15, 0.2) is 5.84 Å². The van der Waals surface area contributed by atoms with Gasteiger partial charge in [0.1, 0.15) is 29.3 Å². The number of carbonyl (C=O) groups excluding carboxylic acids is 1. The van der Waals surface area contributed by atoms with Crippen LogP contribution in [0.15, 0.2) is 99.4 Å². The van der Waals surface area contributed by atoms with Crippen LogP contribution in [0.25, 0.3) is 0 Å². The summed E-state index contributed by atoms with van der Waals surface area (Å²) in [6.07, 6.45) is 2.23. The molecule has 3 unspecified atom stereocenters. The van der Waals surface area contributed by atoms with Crippen LogP contribution in [0.4, 0.5) is 4.79 Å². The van der Waals surface area contributed by atoms with E-state index in [1.54, 1.807) is 27.5 Å². The Bertz CT molecular complexity index is 1850. The number of hydrogen-bond acceptors (Lipinski definition) is 9. The second-order valence-electron chi connectivity index (χ2n) is 13.4. The average molecular weight is 727 g/mol. The van der Waals surface area contributed by atoms with Crippen LogP contribution in [-0.2, 0) is 24.1 Å². The lowest BCUT2D eigenvalue weighted by Crippen LogP contribution is -2.40. The van der Waals surface area contributed by atoms with E-state index in [1.807, 2.05) is 60.7 Å². The van der Waals surface area contributed by atoms with E-state index >= 15 is 0 Å². The lowest BCUT2D eigenvalue weighted by Gasteiger charge is -2.39. The second kappa shape index (κ2) is 16.3. The van der Waals surface area contributed by atoms with Gasteiger partial charge in [-0.25, -0.2) is 14.5 Å².